The molecule has 12 heteroatoms. The number of hydrogen-bond acceptors (Lipinski definition) is 12. The smallest absolute Gasteiger partial charge is 0.347 e. The van der Waals surface area contributed by atoms with E-state index in [1.807, 2.05) is 0 Å². The Bertz CT molecular complexity index is 679. The summed E-state index contributed by atoms with van der Waals surface area (Å²) in [4.78, 5) is 64.1. The maximum Gasteiger partial charge on any atom is 0.347 e. The summed E-state index contributed by atoms with van der Waals surface area (Å²) in [7, 11) is 0. The Hall–Kier alpha value is -2.86. The summed E-state index contributed by atoms with van der Waals surface area (Å²) in [5.74, 6) is -2.88. The van der Waals surface area contributed by atoms with Gasteiger partial charge in [-0.15, -0.1) is 0 Å². The van der Waals surface area contributed by atoms with E-state index < -0.39 is 60.5 Å². The van der Waals surface area contributed by atoms with Gasteiger partial charge in [-0.1, -0.05) is 21.8 Å². The number of carbonyl (C=O) groups is 6. The van der Waals surface area contributed by atoms with E-state index in [0.717, 1.165) is 0 Å². The Balaban J connectivity index is -0.000000201. The Morgan fingerprint density at radius 2 is 1.11 bits per heavy atom. The Morgan fingerprint density at radius 3 is 1.37 bits per heavy atom. The van der Waals surface area contributed by atoms with Crippen molar-refractivity contribution in [3.8, 4) is 0 Å². The molecule has 1 fully saturated rings. The van der Waals surface area contributed by atoms with E-state index >= 15 is 0 Å². The highest BCUT2D eigenvalue weighted by Crippen LogP contribution is 2.08. The first kappa shape index (κ1) is 39.4. The zero-order valence-electron chi connectivity index (χ0n) is 20.1. The average molecular weight is 511 g/mol. The highest BCUT2D eigenvalue weighted by molar-refractivity contribution is 5.87. The molecule has 0 saturated carbocycles. The number of rotatable bonds is 7. The molecular formula is C23H42O12. The third kappa shape index (κ3) is 17.3. The van der Waals surface area contributed by atoms with Crippen LogP contribution in [0.5, 0.6) is 0 Å². The van der Waals surface area contributed by atoms with Crippen molar-refractivity contribution in [1.82, 2.24) is 0 Å². The van der Waals surface area contributed by atoms with Crippen molar-refractivity contribution >= 4 is 35.4 Å². The Labute approximate surface area is 207 Å². The molecule has 0 bridgehead atoms. The van der Waals surface area contributed by atoms with Crippen LogP contribution >= 0.6 is 0 Å². The summed E-state index contributed by atoms with van der Waals surface area (Å²) in [5.41, 5.74) is 0. The van der Waals surface area contributed by atoms with Gasteiger partial charge < -0.3 is 29.2 Å². The molecule has 0 aromatic carbocycles. The van der Waals surface area contributed by atoms with Crippen LogP contribution in [0.25, 0.3) is 0 Å². The minimum atomic E-state index is -1.17. The number of carbonyl (C=O) groups excluding carboxylic acids is 6. The molecule has 1 rings (SSSR count). The van der Waals surface area contributed by atoms with Crippen molar-refractivity contribution in [3.63, 3.8) is 0 Å². The fourth-order valence-electron chi connectivity index (χ4n) is 1.62. The van der Waals surface area contributed by atoms with E-state index in [9.17, 15) is 28.8 Å². The molecule has 1 aliphatic heterocycles. The minimum absolute atomic E-state index is 0. The normalized spacial score (nSPS) is 19.4. The highest BCUT2D eigenvalue weighted by Gasteiger charge is 2.32. The number of aliphatic hydroxyl groups excluding tert-OH is 2. The standard InChI is InChI=1S/C8H14O4.C7H12O4.C6H8O4.2CH4/c1-4-7(10)6(3)12-8(11)5(2)9;1-4(8)6(3)11-7(10)5(2)9;1-3-5(7)10-4(2)6(8)9-3;;/h5-6,9H,4H2,1-3H3;5-6,9H,1-3H3;3-4H,1-2H3;2*1H4. The monoisotopic (exact) mass is 510 g/mol. The molecule has 0 radical (unpaired) electrons. The second kappa shape index (κ2) is 19.4. The molecule has 0 aliphatic carbocycles. The predicted molar refractivity (Wildman–Crippen MR) is 125 cm³/mol. The summed E-state index contributed by atoms with van der Waals surface area (Å²) in [6.45, 7) is 11.5. The van der Waals surface area contributed by atoms with Crippen molar-refractivity contribution in [2.45, 2.75) is 113 Å². The average Bonchev–Trinajstić information content (AvgIpc) is 2.72. The largest absolute Gasteiger partial charge is 0.453 e. The number of ketones is 2. The van der Waals surface area contributed by atoms with Crippen molar-refractivity contribution in [2.75, 3.05) is 0 Å². The molecule has 12 nitrogen and oxygen atoms in total. The fraction of sp³-hybridized carbons (Fsp3) is 0.739. The van der Waals surface area contributed by atoms with Crippen LogP contribution in [0.2, 0.25) is 0 Å². The van der Waals surface area contributed by atoms with Crippen molar-refractivity contribution in [2.24, 2.45) is 0 Å². The van der Waals surface area contributed by atoms with Crippen molar-refractivity contribution < 1.29 is 57.9 Å². The Morgan fingerprint density at radius 1 is 0.800 bits per heavy atom. The van der Waals surface area contributed by atoms with Crippen LogP contribution in [0.15, 0.2) is 0 Å². The third-order valence-electron chi connectivity index (χ3n) is 3.89. The summed E-state index contributed by atoms with van der Waals surface area (Å²) in [5, 5.41) is 17.4. The summed E-state index contributed by atoms with van der Waals surface area (Å²) in [6, 6.07) is 0. The molecule has 0 aromatic heterocycles. The van der Waals surface area contributed by atoms with E-state index in [1.165, 1.54) is 48.5 Å². The van der Waals surface area contributed by atoms with Crippen molar-refractivity contribution in [1.29, 1.82) is 0 Å². The van der Waals surface area contributed by atoms with E-state index in [1.54, 1.807) is 6.92 Å². The van der Waals surface area contributed by atoms with Crippen LogP contribution in [0.1, 0.15) is 76.7 Å². The van der Waals surface area contributed by atoms with Gasteiger partial charge in [-0.3, -0.25) is 9.59 Å². The SMILES string of the molecule is C.C.CC(=O)C(C)OC(=O)C(C)O.CC1OC(=O)C(C)OC1=O.CCC(=O)C(C)OC(=O)C(C)O. The van der Waals surface area contributed by atoms with Crippen LogP contribution in [0.3, 0.4) is 0 Å². The van der Waals surface area contributed by atoms with E-state index in [2.05, 4.69) is 18.9 Å². The molecule has 2 N–H and O–H groups in total. The molecule has 35 heavy (non-hydrogen) atoms. The summed E-state index contributed by atoms with van der Waals surface area (Å²) >= 11 is 0. The number of ether oxygens (including phenoxy) is 4. The van der Waals surface area contributed by atoms with Gasteiger partial charge in [0.05, 0.1) is 0 Å². The molecule has 6 unspecified atom stereocenters. The molecule has 0 aromatic rings. The molecule has 6 atom stereocenters. The number of aliphatic hydroxyl groups is 2. The number of esters is 4. The van der Waals surface area contributed by atoms with Gasteiger partial charge in [-0.2, -0.15) is 0 Å². The molecule has 206 valence electrons. The maximum atomic E-state index is 10.9. The lowest BCUT2D eigenvalue weighted by Crippen LogP contribution is -2.40. The molecule has 1 saturated heterocycles. The Kier molecular flexibility index (Phi) is 21.9. The molecule has 0 spiro atoms. The summed E-state index contributed by atoms with van der Waals surface area (Å²) in [6.07, 6.45) is -5.02. The van der Waals surface area contributed by atoms with Gasteiger partial charge in [0.15, 0.2) is 36.0 Å². The topological polar surface area (TPSA) is 180 Å². The van der Waals surface area contributed by atoms with Gasteiger partial charge in [0.25, 0.3) is 0 Å². The highest BCUT2D eigenvalue weighted by atomic mass is 16.6. The van der Waals surface area contributed by atoms with Gasteiger partial charge >= 0.3 is 23.9 Å². The number of cyclic esters (lactones) is 2. The molecular weight excluding hydrogens is 468 g/mol. The van der Waals surface area contributed by atoms with E-state index in [4.69, 9.17) is 10.2 Å². The molecule has 1 aliphatic rings. The molecule has 0 amide bonds. The van der Waals surface area contributed by atoms with Gasteiger partial charge in [0.2, 0.25) is 0 Å². The first-order valence-corrected chi connectivity index (χ1v) is 10.3. The second-order valence-electron chi connectivity index (χ2n) is 7.10. The number of hydrogen-bond donors (Lipinski definition) is 2. The quantitative estimate of drug-likeness (QED) is 0.371. The number of Topliss-reactive ketones (excluding diaryl/α,β-unsaturated/α-hetero) is 2. The second-order valence-corrected chi connectivity index (χ2v) is 7.10. The van der Waals surface area contributed by atoms with E-state index in [0.29, 0.717) is 6.42 Å². The first-order chi connectivity index (χ1) is 15.0. The lowest BCUT2D eigenvalue weighted by molar-refractivity contribution is -0.191. The van der Waals surface area contributed by atoms with Crippen LogP contribution in [-0.4, -0.2) is 82.3 Å². The van der Waals surface area contributed by atoms with Crippen molar-refractivity contribution in [3.05, 3.63) is 0 Å². The lowest BCUT2D eigenvalue weighted by Gasteiger charge is -2.22. The van der Waals surface area contributed by atoms with Gasteiger partial charge in [-0.25, -0.2) is 19.2 Å². The predicted octanol–water partition coefficient (Wildman–Crippen LogP) is 1.30. The molecule has 1 heterocycles. The minimum Gasteiger partial charge on any atom is -0.453 e. The summed E-state index contributed by atoms with van der Waals surface area (Å²) < 4.78 is 18.4. The zero-order chi connectivity index (χ0) is 26.5. The van der Waals surface area contributed by atoms with Gasteiger partial charge in [0, 0.05) is 6.42 Å². The van der Waals surface area contributed by atoms with E-state index in [-0.39, 0.29) is 26.4 Å². The maximum absolute atomic E-state index is 10.9. The van der Waals surface area contributed by atoms with Crippen LogP contribution in [-0.2, 0) is 47.7 Å². The third-order valence-corrected chi connectivity index (χ3v) is 3.89. The first-order valence-electron chi connectivity index (χ1n) is 10.3. The van der Waals surface area contributed by atoms with Gasteiger partial charge in [-0.05, 0) is 48.5 Å². The van der Waals surface area contributed by atoms with Crippen LogP contribution in [0.4, 0.5) is 0 Å². The zero-order valence-corrected chi connectivity index (χ0v) is 20.1. The lowest BCUT2D eigenvalue weighted by atomic mass is 10.2. The van der Waals surface area contributed by atoms with Crippen LogP contribution < -0.4 is 0 Å². The van der Waals surface area contributed by atoms with Gasteiger partial charge in [0.1, 0.15) is 12.2 Å². The van der Waals surface area contributed by atoms with Crippen LogP contribution in [0, 0.1) is 0 Å². The fourth-order valence-corrected chi connectivity index (χ4v) is 1.62.